The average molecular weight is 460 g/mol. The third kappa shape index (κ3) is 4.87. The molecule has 8 nitrogen and oxygen atoms in total. The lowest BCUT2D eigenvalue weighted by molar-refractivity contribution is 0.0534. The van der Waals surface area contributed by atoms with E-state index in [1.165, 1.54) is 12.8 Å². The highest BCUT2D eigenvalue weighted by molar-refractivity contribution is 6.32. The molecule has 9 heteroatoms. The summed E-state index contributed by atoms with van der Waals surface area (Å²) < 4.78 is 16.5. The maximum absolute atomic E-state index is 9.51. The van der Waals surface area contributed by atoms with Gasteiger partial charge in [0.05, 0.1) is 18.7 Å². The smallest absolute Gasteiger partial charge is 0.258 e. The van der Waals surface area contributed by atoms with Gasteiger partial charge >= 0.3 is 0 Å². The van der Waals surface area contributed by atoms with Crippen LogP contribution in [0.15, 0.2) is 28.8 Å². The van der Waals surface area contributed by atoms with Crippen molar-refractivity contribution in [3.8, 4) is 34.5 Å². The molecule has 2 N–H and O–H groups in total. The summed E-state index contributed by atoms with van der Waals surface area (Å²) in [6.07, 6.45) is 3.69. The molecule has 1 atom stereocenters. The van der Waals surface area contributed by atoms with Gasteiger partial charge in [-0.3, -0.25) is 0 Å². The van der Waals surface area contributed by atoms with E-state index in [2.05, 4.69) is 15.1 Å². The number of rotatable bonds is 8. The molecule has 4 rings (SSSR count). The van der Waals surface area contributed by atoms with Crippen molar-refractivity contribution in [1.82, 2.24) is 15.1 Å². The topological polar surface area (TPSA) is 111 Å². The van der Waals surface area contributed by atoms with Crippen LogP contribution in [0.25, 0.3) is 22.8 Å². The Hall–Kier alpha value is -2.68. The predicted molar refractivity (Wildman–Crippen MR) is 119 cm³/mol. The van der Waals surface area contributed by atoms with Crippen LogP contribution in [-0.2, 0) is 0 Å². The molecule has 170 valence electrons. The van der Waals surface area contributed by atoms with Gasteiger partial charge in [-0.15, -0.1) is 0 Å². The van der Waals surface area contributed by atoms with Gasteiger partial charge < -0.3 is 24.2 Å². The summed E-state index contributed by atoms with van der Waals surface area (Å²) >= 11 is 6.39. The van der Waals surface area contributed by atoms with Gasteiger partial charge in [-0.25, -0.2) is 4.98 Å². The molecule has 1 aliphatic carbocycles. The number of aryl methyl sites for hydroxylation is 1. The van der Waals surface area contributed by atoms with Gasteiger partial charge in [-0.2, -0.15) is 4.98 Å². The number of hydrogen-bond acceptors (Lipinski definition) is 8. The number of ether oxygens (including phenoxy) is 2. The van der Waals surface area contributed by atoms with Gasteiger partial charge in [0.1, 0.15) is 18.5 Å². The van der Waals surface area contributed by atoms with Crippen LogP contribution in [0, 0.1) is 6.92 Å². The molecular formula is C23H26ClN3O5. The molecule has 1 unspecified atom stereocenters. The summed E-state index contributed by atoms with van der Waals surface area (Å²) in [5.74, 6) is 2.15. The quantitative estimate of drug-likeness (QED) is 0.516. The average Bonchev–Trinajstić information content (AvgIpc) is 3.50. The Morgan fingerprint density at radius 1 is 1.16 bits per heavy atom. The van der Waals surface area contributed by atoms with E-state index in [1.54, 1.807) is 19.2 Å². The highest BCUT2D eigenvalue weighted by Crippen LogP contribution is 2.37. The predicted octanol–water partition coefficient (Wildman–Crippen LogP) is 4.16. The molecule has 3 aromatic rings. The number of halogens is 1. The van der Waals surface area contributed by atoms with E-state index in [1.807, 2.05) is 19.1 Å². The summed E-state index contributed by atoms with van der Waals surface area (Å²) in [6.45, 7) is 1.39. The Bertz CT molecular complexity index is 1060. The maximum atomic E-state index is 9.51. The van der Waals surface area contributed by atoms with Gasteiger partial charge in [-0.05, 0) is 43.5 Å². The van der Waals surface area contributed by atoms with E-state index in [9.17, 15) is 5.11 Å². The van der Waals surface area contributed by atoms with E-state index in [0.717, 1.165) is 29.7 Å². The Morgan fingerprint density at radius 3 is 2.62 bits per heavy atom. The molecule has 2 heterocycles. The van der Waals surface area contributed by atoms with Crippen LogP contribution in [0.4, 0.5) is 0 Å². The third-order valence-corrected chi connectivity index (χ3v) is 5.88. The van der Waals surface area contributed by atoms with Crippen LogP contribution in [0.1, 0.15) is 42.9 Å². The standard InChI is InChI=1S/C23H26ClN3O5/c1-13-7-15(8-18(24)21(13)31-12-17(29)11-28)22-26-23(32-27-22)16-9-19(14-5-3-4-6-14)25-20(10-16)30-2/h7-10,14,17,28-29H,3-6,11-12H2,1-2H3. The van der Waals surface area contributed by atoms with E-state index in [0.29, 0.717) is 39.8 Å². The molecule has 0 saturated heterocycles. The Morgan fingerprint density at radius 2 is 1.94 bits per heavy atom. The van der Waals surface area contributed by atoms with Crippen molar-refractivity contribution in [2.75, 3.05) is 20.3 Å². The third-order valence-electron chi connectivity index (χ3n) is 5.60. The number of aliphatic hydroxyl groups is 2. The number of hydrogen-bond donors (Lipinski definition) is 2. The summed E-state index contributed by atoms with van der Waals surface area (Å²) in [5, 5.41) is 22.9. The Labute approximate surface area is 191 Å². The number of benzene rings is 1. The van der Waals surface area contributed by atoms with Gasteiger partial charge in [0.25, 0.3) is 5.89 Å². The number of aliphatic hydroxyl groups excluding tert-OH is 2. The molecule has 1 aliphatic rings. The number of nitrogens with zero attached hydrogens (tertiary/aromatic N) is 3. The fraction of sp³-hybridized carbons (Fsp3) is 0.435. The van der Waals surface area contributed by atoms with E-state index < -0.39 is 6.10 Å². The normalized spacial score (nSPS) is 15.2. The Kier molecular flexibility index (Phi) is 6.93. The van der Waals surface area contributed by atoms with Crippen LogP contribution in [0.3, 0.4) is 0 Å². The van der Waals surface area contributed by atoms with Crippen LogP contribution in [0.2, 0.25) is 5.02 Å². The van der Waals surface area contributed by atoms with Crippen molar-refractivity contribution in [3.05, 3.63) is 40.5 Å². The van der Waals surface area contributed by atoms with Gasteiger partial charge in [0, 0.05) is 28.8 Å². The maximum Gasteiger partial charge on any atom is 0.258 e. The largest absolute Gasteiger partial charge is 0.489 e. The molecule has 1 fully saturated rings. The molecule has 32 heavy (non-hydrogen) atoms. The molecule has 0 aliphatic heterocycles. The van der Waals surface area contributed by atoms with Gasteiger partial charge in [0.2, 0.25) is 11.7 Å². The summed E-state index contributed by atoms with van der Waals surface area (Å²) in [6, 6.07) is 7.30. The molecule has 1 saturated carbocycles. The van der Waals surface area contributed by atoms with Crippen LogP contribution in [-0.4, -0.2) is 51.8 Å². The zero-order valence-electron chi connectivity index (χ0n) is 18.0. The lowest BCUT2D eigenvalue weighted by atomic mass is 10.0. The van der Waals surface area contributed by atoms with Crippen LogP contribution in [0.5, 0.6) is 11.6 Å². The molecular weight excluding hydrogens is 434 g/mol. The molecule has 0 amide bonds. The van der Waals surface area contributed by atoms with Crippen molar-refractivity contribution < 1.29 is 24.2 Å². The Balaban J connectivity index is 1.61. The molecule has 0 bridgehead atoms. The summed E-state index contributed by atoms with van der Waals surface area (Å²) in [4.78, 5) is 9.18. The van der Waals surface area contributed by atoms with Crippen molar-refractivity contribution in [2.45, 2.75) is 44.6 Å². The zero-order valence-corrected chi connectivity index (χ0v) is 18.8. The van der Waals surface area contributed by atoms with E-state index >= 15 is 0 Å². The first-order valence-electron chi connectivity index (χ1n) is 10.6. The lowest BCUT2D eigenvalue weighted by Crippen LogP contribution is -2.21. The lowest BCUT2D eigenvalue weighted by Gasteiger charge is -2.14. The minimum atomic E-state index is -0.976. The molecule has 2 aromatic heterocycles. The van der Waals surface area contributed by atoms with Crippen molar-refractivity contribution in [3.63, 3.8) is 0 Å². The second-order valence-corrected chi connectivity index (χ2v) is 8.39. The highest BCUT2D eigenvalue weighted by Gasteiger charge is 2.22. The minimum absolute atomic E-state index is 0.0596. The molecule has 0 spiro atoms. The van der Waals surface area contributed by atoms with E-state index in [4.69, 9.17) is 30.7 Å². The fourth-order valence-electron chi connectivity index (χ4n) is 3.92. The van der Waals surface area contributed by atoms with Gasteiger partial charge in [0.15, 0.2) is 0 Å². The fourth-order valence-corrected chi connectivity index (χ4v) is 4.24. The SMILES string of the molecule is COc1cc(-c2nc(-c3cc(C)c(OCC(O)CO)c(Cl)c3)no2)cc(C2CCCC2)n1. The second kappa shape index (κ2) is 9.85. The second-order valence-electron chi connectivity index (χ2n) is 7.98. The van der Waals surface area contributed by atoms with Crippen molar-refractivity contribution in [1.29, 1.82) is 0 Å². The van der Waals surface area contributed by atoms with Crippen LogP contribution < -0.4 is 9.47 Å². The number of aromatic nitrogens is 3. The first kappa shape index (κ1) is 22.5. The zero-order chi connectivity index (χ0) is 22.7. The number of methoxy groups -OCH3 is 1. The first-order chi connectivity index (χ1) is 15.5. The van der Waals surface area contributed by atoms with Crippen LogP contribution >= 0.6 is 11.6 Å². The van der Waals surface area contributed by atoms with Crippen molar-refractivity contribution >= 4 is 11.6 Å². The first-order valence-corrected chi connectivity index (χ1v) is 11.0. The van der Waals surface area contributed by atoms with Crippen molar-refractivity contribution in [2.24, 2.45) is 0 Å². The number of pyridine rings is 1. The van der Waals surface area contributed by atoms with Gasteiger partial charge in [-0.1, -0.05) is 29.6 Å². The van der Waals surface area contributed by atoms with E-state index in [-0.39, 0.29) is 13.2 Å². The molecule has 1 aromatic carbocycles. The monoisotopic (exact) mass is 459 g/mol. The minimum Gasteiger partial charge on any atom is -0.489 e. The highest BCUT2D eigenvalue weighted by atomic mass is 35.5. The summed E-state index contributed by atoms with van der Waals surface area (Å²) in [5.41, 5.74) is 3.17. The molecule has 0 radical (unpaired) electrons. The summed E-state index contributed by atoms with van der Waals surface area (Å²) in [7, 11) is 1.59.